The molecule has 3 heterocycles. The Balaban J connectivity index is 1.39. The summed E-state index contributed by atoms with van der Waals surface area (Å²) in [4.78, 5) is 20.5. The lowest BCUT2D eigenvalue weighted by atomic mass is 9.83. The summed E-state index contributed by atoms with van der Waals surface area (Å²) in [5, 5.41) is 0. The Kier molecular flexibility index (Phi) is 5.70. The van der Waals surface area contributed by atoms with Crippen LogP contribution in [0.15, 0.2) is 48.5 Å². The Bertz CT molecular complexity index is 900. The Hall–Kier alpha value is -2.05. The lowest BCUT2D eigenvalue weighted by Gasteiger charge is -2.50. The molecule has 0 bridgehead atoms. The maximum Gasteiger partial charge on any atom is 0.228 e. The smallest absolute Gasteiger partial charge is 0.228 e. The Morgan fingerprint density at radius 2 is 1.77 bits per heavy atom. The number of para-hydroxylation sites is 1. The Morgan fingerprint density at radius 1 is 1.00 bits per heavy atom. The summed E-state index contributed by atoms with van der Waals surface area (Å²) in [7, 11) is 0. The SMILES string of the molecule is O=C([C@@H]1Cc2ccccc2N2CCN(Cc3ccc(F)cc3)C[C@@H]12)N1CCSCC1. The van der Waals surface area contributed by atoms with E-state index in [-0.39, 0.29) is 17.8 Å². The summed E-state index contributed by atoms with van der Waals surface area (Å²) >= 11 is 1.94. The maximum absolute atomic E-state index is 13.6. The standard InChI is InChI=1S/C24H28FN3OS/c25-20-7-5-18(6-8-20)16-26-9-10-28-22-4-2-1-3-19(22)15-21(23(28)17-26)24(29)27-11-13-30-14-12-27/h1-8,21,23H,9-17H2/t21-,23+/m1/s1. The molecule has 0 aliphatic carbocycles. The predicted octanol–water partition coefficient (Wildman–Crippen LogP) is 3.26. The average molecular weight is 426 g/mol. The molecule has 158 valence electrons. The second kappa shape index (κ2) is 8.60. The normalized spacial score (nSPS) is 24.3. The largest absolute Gasteiger partial charge is 0.365 e. The van der Waals surface area contributed by atoms with Crippen molar-refractivity contribution in [1.82, 2.24) is 9.80 Å². The molecule has 0 radical (unpaired) electrons. The number of amides is 1. The van der Waals surface area contributed by atoms with Crippen molar-refractivity contribution >= 4 is 23.4 Å². The zero-order valence-electron chi connectivity index (χ0n) is 17.2. The molecule has 3 aliphatic rings. The van der Waals surface area contributed by atoms with Crippen molar-refractivity contribution in [3.63, 3.8) is 0 Å². The van der Waals surface area contributed by atoms with E-state index < -0.39 is 0 Å². The van der Waals surface area contributed by atoms with Gasteiger partial charge in [0, 0.05) is 56.5 Å². The van der Waals surface area contributed by atoms with Crippen molar-refractivity contribution in [2.75, 3.05) is 49.1 Å². The van der Waals surface area contributed by atoms with Crippen LogP contribution in [-0.4, -0.2) is 66.0 Å². The van der Waals surface area contributed by atoms with Crippen LogP contribution in [0.5, 0.6) is 0 Å². The number of carbonyl (C=O) groups excluding carboxylic acids is 1. The topological polar surface area (TPSA) is 26.8 Å². The van der Waals surface area contributed by atoms with Crippen LogP contribution in [0.1, 0.15) is 11.1 Å². The zero-order valence-corrected chi connectivity index (χ0v) is 18.0. The number of carbonyl (C=O) groups is 1. The summed E-state index contributed by atoms with van der Waals surface area (Å²) in [6.45, 7) is 5.27. The number of nitrogens with zero attached hydrogens (tertiary/aromatic N) is 3. The fourth-order valence-corrected chi connectivity index (χ4v) is 6.01. The molecule has 0 unspecified atom stereocenters. The van der Waals surface area contributed by atoms with E-state index in [1.807, 2.05) is 23.9 Å². The van der Waals surface area contributed by atoms with E-state index in [2.05, 4.69) is 39.0 Å². The van der Waals surface area contributed by atoms with E-state index in [9.17, 15) is 9.18 Å². The molecule has 3 aliphatic heterocycles. The fraction of sp³-hybridized carbons (Fsp3) is 0.458. The van der Waals surface area contributed by atoms with Crippen LogP contribution in [0.3, 0.4) is 0 Å². The number of benzene rings is 2. The summed E-state index contributed by atoms with van der Waals surface area (Å²) < 4.78 is 13.3. The molecule has 2 aromatic carbocycles. The van der Waals surface area contributed by atoms with Crippen molar-refractivity contribution < 1.29 is 9.18 Å². The third-order valence-electron chi connectivity index (χ3n) is 6.67. The Morgan fingerprint density at radius 3 is 2.57 bits per heavy atom. The van der Waals surface area contributed by atoms with E-state index in [1.165, 1.54) is 23.4 Å². The van der Waals surface area contributed by atoms with Crippen LogP contribution < -0.4 is 4.90 Å². The minimum Gasteiger partial charge on any atom is -0.365 e. The molecule has 30 heavy (non-hydrogen) atoms. The van der Waals surface area contributed by atoms with Crippen LogP contribution in [0.2, 0.25) is 0 Å². The average Bonchev–Trinajstić information content (AvgIpc) is 2.80. The van der Waals surface area contributed by atoms with Crippen molar-refractivity contribution in [2.24, 2.45) is 5.92 Å². The zero-order chi connectivity index (χ0) is 20.5. The van der Waals surface area contributed by atoms with Gasteiger partial charge in [-0.2, -0.15) is 11.8 Å². The lowest BCUT2D eigenvalue weighted by molar-refractivity contribution is -0.136. The van der Waals surface area contributed by atoms with E-state index in [4.69, 9.17) is 0 Å². The summed E-state index contributed by atoms with van der Waals surface area (Å²) in [6.07, 6.45) is 0.824. The van der Waals surface area contributed by atoms with Crippen LogP contribution in [0, 0.1) is 11.7 Å². The van der Waals surface area contributed by atoms with Gasteiger partial charge in [-0.1, -0.05) is 30.3 Å². The van der Waals surface area contributed by atoms with Gasteiger partial charge in [-0.3, -0.25) is 9.69 Å². The third-order valence-corrected chi connectivity index (χ3v) is 7.61. The predicted molar refractivity (Wildman–Crippen MR) is 120 cm³/mol. The first-order valence-corrected chi connectivity index (χ1v) is 12.0. The second-order valence-corrected chi connectivity index (χ2v) is 9.72. The van der Waals surface area contributed by atoms with Crippen LogP contribution in [-0.2, 0) is 17.8 Å². The number of fused-ring (bicyclic) bond motifs is 3. The van der Waals surface area contributed by atoms with Crippen molar-refractivity contribution in [2.45, 2.75) is 19.0 Å². The van der Waals surface area contributed by atoms with Gasteiger partial charge in [0.25, 0.3) is 0 Å². The highest BCUT2D eigenvalue weighted by molar-refractivity contribution is 7.99. The molecule has 4 nitrogen and oxygen atoms in total. The van der Waals surface area contributed by atoms with Crippen LogP contribution in [0.4, 0.5) is 10.1 Å². The maximum atomic E-state index is 13.6. The van der Waals surface area contributed by atoms with E-state index in [1.54, 1.807) is 0 Å². The highest BCUT2D eigenvalue weighted by Crippen LogP contribution is 2.37. The van der Waals surface area contributed by atoms with E-state index in [0.717, 1.165) is 62.8 Å². The number of thioether (sulfide) groups is 1. The van der Waals surface area contributed by atoms with Crippen molar-refractivity contribution in [3.05, 3.63) is 65.5 Å². The van der Waals surface area contributed by atoms with Gasteiger partial charge in [-0.15, -0.1) is 0 Å². The highest BCUT2D eigenvalue weighted by atomic mass is 32.2. The molecule has 6 heteroatoms. The third kappa shape index (κ3) is 3.95. The molecule has 2 saturated heterocycles. The molecular formula is C24H28FN3OS. The van der Waals surface area contributed by atoms with E-state index in [0.29, 0.717) is 5.91 Å². The first kappa shape index (κ1) is 19.9. The minimum atomic E-state index is -0.196. The molecule has 0 spiro atoms. The van der Waals surface area contributed by atoms with Gasteiger partial charge in [0.15, 0.2) is 0 Å². The molecule has 0 saturated carbocycles. The number of piperazine rings is 1. The fourth-order valence-electron chi connectivity index (χ4n) is 5.11. The number of hydrogen-bond donors (Lipinski definition) is 0. The van der Waals surface area contributed by atoms with Gasteiger partial charge >= 0.3 is 0 Å². The summed E-state index contributed by atoms with van der Waals surface area (Å²) in [5.41, 5.74) is 3.71. The van der Waals surface area contributed by atoms with Gasteiger partial charge < -0.3 is 9.80 Å². The quantitative estimate of drug-likeness (QED) is 0.754. The van der Waals surface area contributed by atoms with Gasteiger partial charge in [0.1, 0.15) is 5.82 Å². The second-order valence-electron chi connectivity index (χ2n) is 8.50. The monoisotopic (exact) mass is 425 g/mol. The number of anilines is 1. The summed E-state index contributed by atoms with van der Waals surface area (Å²) in [5.74, 6) is 2.21. The van der Waals surface area contributed by atoms with Gasteiger partial charge in [-0.25, -0.2) is 4.39 Å². The van der Waals surface area contributed by atoms with Crippen LogP contribution >= 0.6 is 11.8 Å². The summed E-state index contributed by atoms with van der Waals surface area (Å²) in [6, 6.07) is 15.6. The molecule has 2 fully saturated rings. The minimum absolute atomic E-state index is 0.000909. The molecule has 1 amide bonds. The van der Waals surface area contributed by atoms with Crippen molar-refractivity contribution in [1.29, 1.82) is 0 Å². The first-order chi connectivity index (χ1) is 14.7. The first-order valence-electron chi connectivity index (χ1n) is 10.9. The van der Waals surface area contributed by atoms with Gasteiger partial charge in [0.05, 0.1) is 12.0 Å². The highest BCUT2D eigenvalue weighted by Gasteiger charge is 2.42. The molecule has 0 N–H and O–H groups in total. The van der Waals surface area contributed by atoms with Gasteiger partial charge in [-0.05, 0) is 35.7 Å². The van der Waals surface area contributed by atoms with Gasteiger partial charge in [0.2, 0.25) is 5.91 Å². The molecule has 2 aromatic rings. The number of rotatable bonds is 3. The molecular weight excluding hydrogens is 397 g/mol. The molecule has 0 aromatic heterocycles. The lowest BCUT2D eigenvalue weighted by Crippen LogP contribution is -2.61. The molecule has 2 atom stereocenters. The number of halogens is 1. The number of hydrogen-bond acceptors (Lipinski definition) is 4. The molecule has 5 rings (SSSR count). The van der Waals surface area contributed by atoms with E-state index >= 15 is 0 Å². The Labute approximate surface area is 182 Å². The van der Waals surface area contributed by atoms with Crippen molar-refractivity contribution in [3.8, 4) is 0 Å². The van der Waals surface area contributed by atoms with Crippen LogP contribution in [0.25, 0.3) is 0 Å².